The van der Waals surface area contributed by atoms with Crippen molar-refractivity contribution < 1.29 is 0 Å². The van der Waals surface area contributed by atoms with Gasteiger partial charge in [-0.2, -0.15) is 0 Å². The molecule has 1 heteroatoms. The molecule has 0 saturated carbocycles. The van der Waals surface area contributed by atoms with E-state index in [2.05, 4.69) is 122 Å². The lowest BCUT2D eigenvalue weighted by Crippen LogP contribution is -2.09. The summed E-state index contributed by atoms with van der Waals surface area (Å²) in [6.07, 6.45) is 0. The zero-order valence-electron chi connectivity index (χ0n) is 15.8. The van der Waals surface area contributed by atoms with E-state index >= 15 is 0 Å². The number of benzene rings is 4. The number of rotatable bonds is 4. The quantitative estimate of drug-likeness (QED) is 0.370. The Morgan fingerprint density at radius 1 is 0.407 bits per heavy atom. The maximum atomic E-state index is 2.29. The molecular formula is C26H23N. The van der Waals surface area contributed by atoms with Crippen molar-refractivity contribution in [3.05, 3.63) is 114 Å². The molecule has 27 heavy (non-hydrogen) atoms. The van der Waals surface area contributed by atoms with E-state index in [-0.39, 0.29) is 0 Å². The van der Waals surface area contributed by atoms with E-state index in [1.165, 1.54) is 22.3 Å². The summed E-state index contributed by atoms with van der Waals surface area (Å²) in [5.74, 6) is 0. The molecule has 0 aliphatic heterocycles. The van der Waals surface area contributed by atoms with Crippen molar-refractivity contribution in [2.24, 2.45) is 0 Å². The van der Waals surface area contributed by atoms with Crippen LogP contribution < -0.4 is 4.90 Å². The molecule has 0 amide bonds. The Labute approximate surface area is 161 Å². The van der Waals surface area contributed by atoms with E-state index in [0.717, 1.165) is 17.1 Å². The van der Waals surface area contributed by atoms with Crippen LogP contribution in [0.4, 0.5) is 17.1 Å². The van der Waals surface area contributed by atoms with Crippen LogP contribution in [-0.4, -0.2) is 0 Å². The minimum Gasteiger partial charge on any atom is -0.311 e. The number of hydrogen-bond acceptors (Lipinski definition) is 1. The molecule has 4 aromatic carbocycles. The molecule has 1 nitrogen and oxygen atoms in total. The summed E-state index contributed by atoms with van der Waals surface area (Å²) in [5, 5.41) is 0. The van der Waals surface area contributed by atoms with Gasteiger partial charge in [0, 0.05) is 17.1 Å². The standard InChI is InChI=1S/C26H23N/c1-20-8-12-22(13-9-20)23-14-18-26(19-15-23)27(24-6-4-3-5-7-24)25-16-10-21(2)11-17-25/h3-19H,1-2H3. The first-order chi connectivity index (χ1) is 13.2. The fourth-order valence-corrected chi connectivity index (χ4v) is 3.27. The van der Waals surface area contributed by atoms with Gasteiger partial charge in [0.2, 0.25) is 0 Å². The van der Waals surface area contributed by atoms with E-state index < -0.39 is 0 Å². The average molecular weight is 349 g/mol. The molecule has 4 aromatic rings. The van der Waals surface area contributed by atoms with E-state index in [9.17, 15) is 0 Å². The lowest BCUT2D eigenvalue weighted by molar-refractivity contribution is 1.27. The SMILES string of the molecule is Cc1ccc(-c2ccc(N(c3ccccc3)c3ccc(C)cc3)cc2)cc1. The summed E-state index contributed by atoms with van der Waals surface area (Å²) in [6, 6.07) is 36.6. The Bertz CT molecular complexity index is 999. The molecular weight excluding hydrogens is 326 g/mol. The van der Waals surface area contributed by atoms with Gasteiger partial charge in [-0.3, -0.25) is 0 Å². The fourth-order valence-electron chi connectivity index (χ4n) is 3.27. The second kappa shape index (κ2) is 7.51. The summed E-state index contributed by atoms with van der Waals surface area (Å²) in [6.45, 7) is 4.24. The minimum absolute atomic E-state index is 1.15. The van der Waals surface area contributed by atoms with Crippen LogP contribution in [0.1, 0.15) is 11.1 Å². The largest absolute Gasteiger partial charge is 0.311 e. The zero-order chi connectivity index (χ0) is 18.6. The molecule has 4 rings (SSSR count). The van der Waals surface area contributed by atoms with Gasteiger partial charge in [-0.25, -0.2) is 0 Å². The highest BCUT2D eigenvalue weighted by molar-refractivity contribution is 5.78. The smallest absolute Gasteiger partial charge is 0.0462 e. The van der Waals surface area contributed by atoms with Gasteiger partial charge in [-0.15, -0.1) is 0 Å². The van der Waals surface area contributed by atoms with Gasteiger partial charge < -0.3 is 4.90 Å². The third kappa shape index (κ3) is 3.78. The Kier molecular flexibility index (Phi) is 4.76. The highest BCUT2D eigenvalue weighted by Crippen LogP contribution is 2.35. The molecule has 0 aromatic heterocycles. The van der Waals surface area contributed by atoms with Crippen molar-refractivity contribution in [3.8, 4) is 11.1 Å². The lowest BCUT2D eigenvalue weighted by atomic mass is 10.0. The fraction of sp³-hybridized carbons (Fsp3) is 0.0769. The van der Waals surface area contributed by atoms with Crippen molar-refractivity contribution >= 4 is 17.1 Å². The highest BCUT2D eigenvalue weighted by Gasteiger charge is 2.12. The van der Waals surface area contributed by atoms with Crippen molar-refractivity contribution in [1.82, 2.24) is 0 Å². The van der Waals surface area contributed by atoms with Gasteiger partial charge in [0.05, 0.1) is 0 Å². The van der Waals surface area contributed by atoms with Crippen LogP contribution in [-0.2, 0) is 0 Å². The number of nitrogens with zero attached hydrogens (tertiary/aromatic N) is 1. The van der Waals surface area contributed by atoms with E-state index in [1.54, 1.807) is 0 Å². The van der Waals surface area contributed by atoms with E-state index in [4.69, 9.17) is 0 Å². The number of anilines is 3. The zero-order valence-corrected chi connectivity index (χ0v) is 15.8. The molecule has 0 aliphatic rings. The molecule has 0 bridgehead atoms. The Morgan fingerprint density at radius 2 is 0.778 bits per heavy atom. The van der Waals surface area contributed by atoms with Crippen LogP contribution in [0.25, 0.3) is 11.1 Å². The molecule has 0 radical (unpaired) electrons. The van der Waals surface area contributed by atoms with Crippen molar-refractivity contribution in [3.63, 3.8) is 0 Å². The normalized spacial score (nSPS) is 10.6. The predicted molar refractivity (Wildman–Crippen MR) is 116 cm³/mol. The van der Waals surface area contributed by atoms with Gasteiger partial charge in [-0.1, -0.05) is 77.9 Å². The first-order valence-electron chi connectivity index (χ1n) is 9.30. The number of para-hydroxylation sites is 1. The molecule has 0 spiro atoms. The van der Waals surface area contributed by atoms with Crippen molar-refractivity contribution in [2.45, 2.75) is 13.8 Å². The van der Waals surface area contributed by atoms with Crippen LogP contribution in [0, 0.1) is 13.8 Å². The van der Waals surface area contributed by atoms with Crippen LogP contribution in [0.3, 0.4) is 0 Å². The van der Waals surface area contributed by atoms with Crippen LogP contribution in [0.2, 0.25) is 0 Å². The maximum Gasteiger partial charge on any atom is 0.0462 e. The van der Waals surface area contributed by atoms with Gasteiger partial charge in [0.15, 0.2) is 0 Å². The van der Waals surface area contributed by atoms with Crippen molar-refractivity contribution in [2.75, 3.05) is 4.90 Å². The van der Waals surface area contributed by atoms with Gasteiger partial charge in [0.25, 0.3) is 0 Å². The number of hydrogen-bond donors (Lipinski definition) is 0. The maximum absolute atomic E-state index is 2.29. The Hall–Kier alpha value is -3.32. The highest BCUT2D eigenvalue weighted by atomic mass is 15.1. The third-order valence-electron chi connectivity index (χ3n) is 4.82. The van der Waals surface area contributed by atoms with E-state index in [1.807, 2.05) is 0 Å². The van der Waals surface area contributed by atoms with Crippen LogP contribution in [0.5, 0.6) is 0 Å². The summed E-state index contributed by atoms with van der Waals surface area (Å²) in [7, 11) is 0. The Balaban J connectivity index is 1.74. The Morgan fingerprint density at radius 3 is 1.30 bits per heavy atom. The molecule has 132 valence electrons. The molecule has 0 N–H and O–H groups in total. The summed E-state index contributed by atoms with van der Waals surface area (Å²) in [5.41, 5.74) is 8.50. The van der Waals surface area contributed by atoms with Gasteiger partial charge in [0.1, 0.15) is 0 Å². The average Bonchev–Trinajstić information content (AvgIpc) is 2.72. The monoisotopic (exact) mass is 349 g/mol. The second-order valence-electron chi connectivity index (χ2n) is 6.92. The first kappa shape index (κ1) is 17.1. The van der Waals surface area contributed by atoms with Crippen LogP contribution in [0.15, 0.2) is 103 Å². The molecule has 0 unspecified atom stereocenters. The second-order valence-corrected chi connectivity index (χ2v) is 6.92. The number of aryl methyl sites for hydroxylation is 2. The predicted octanol–water partition coefficient (Wildman–Crippen LogP) is 7.44. The van der Waals surface area contributed by atoms with Crippen molar-refractivity contribution in [1.29, 1.82) is 0 Å². The summed E-state index contributed by atoms with van der Waals surface area (Å²) in [4.78, 5) is 2.29. The minimum atomic E-state index is 1.15. The molecule has 0 aliphatic carbocycles. The summed E-state index contributed by atoms with van der Waals surface area (Å²) < 4.78 is 0. The first-order valence-corrected chi connectivity index (χ1v) is 9.30. The molecule has 0 atom stereocenters. The lowest BCUT2D eigenvalue weighted by Gasteiger charge is -2.25. The van der Waals surface area contributed by atoms with Gasteiger partial charge >= 0.3 is 0 Å². The van der Waals surface area contributed by atoms with Crippen LogP contribution >= 0.6 is 0 Å². The third-order valence-corrected chi connectivity index (χ3v) is 4.82. The molecule has 0 fully saturated rings. The molecule has 0 heterocycles. The van der Waals surface area contributed by atoms with E-state index in [0.29, 0.717) is 0 Å². The topological polar surface area (TPSA) is 3.24 Å². The van der Waals surface area contributed by atoms with Gasteiger partial charge in [-0.05, 0) is 61.4 Å². The summed E-state index contributed by atoms with van der Waals surface area (Å²) >= 11 is 0. The molecule has 0 saturated heterocycles.